The Morgan fingerprint density at radius 2 is 0.882 bits per heavy atom. The maximum Gasteiger partial charge on any atom is 2.00 e. The quantitative estimate of drug-likeness (QED) is 0.414. The Morgan fingerprint density at radius 3 is 0.941 bits per heavy atom. The van der Waals surface area contributed by atoms with Gasteiger partial charge in [0.1, 0.15) is 0 Å². The van der Waals surface area contributed by atoms with Crippen LogP contribution in [0.15, 0.2) is 56.2 Å². The van der Waals surface area contributed by atoms with Crippen LogP contribution >= 0.6 is 0 Å². The predicted octanol–water partition coefficient (Wildman–Crippen LogP) is -2.88. The van der Waals surface area contributed by atoms with Gasteiger partial charge in [0.25, 0.3) is 0 Å². The van der Waals surface area contributed by atoms with E-state index in [4.69, 9.17) is 0 Å². The molecule has 83 valence electrons. The van der Waals surface area contributed by atoms with Gasteiger partial charge in [0.15, 0.2) is 0 Å². The van der Waals surface area contributed by atoms with Crippen LogP contribution in [0.25, 0.3) is 0 Å². The second kappa shape index (κ2) is 15.8. The van der Waals surface area contributed by atoms with Crippen LogP contribution in [0.5, 0.6) is 0 Å². The molecular weight excluding hydrogens is 286 g/mol. The minimum Gasteiger partial charge on any atom is -0.450 e. The van der Waals surface area contributed by atoms with Crippen molar-refractivity contribution in [3.8, 4) is 0 Å². The van der Waals surface area contributed by atoms with Crippen LogP contribution in [-0.4, -0.2) is 15.0 Å². The van der Waals surface area contributed by atoms with Gasteiger partial charge in [-0.15, -0.1) is 0 Å². The normalized spacial score (nSPS) is 7.06. The molecule has 6 nitrogen and oxygen atoms in total. The Hall–Kier alpha value is -0.214. The summed E-state index contributed by atoms with van der Waals surface area (Å²) in [5.74, 6) is 0. The van der Waals surface area contributed by atoms with Crippen LogP contribution in [-0.2, 0) is 17.1 Å². The first-order chi connectivity index (χ1) is 7.50. The molecule has 8 heteroatoms. The standard InChI is InChI=1S/3C3H3N2.K.Mn/c3*1-2-5-3-4-1;;/h3*1-3H;;/q3*-1;+1;+2. The molecule has 0 amide bonds. The average Bonchev–Trinajstić information content (AvgIpc) is 3.09. The summed E-state index contributed by atoms with van der Waals surface area (Å²) in [6.45, 7) is 0. The summed E-state index contributed by atoms with van der Waals surface area (Å²) in [5, 5.41) is 0. The molecule has 1 radical (unpaired) electrons. The fourth-order valence-electron chi connectivity index (χ4n) is 0.577. The van der Waals surface area contributed by atoms with E-state index in [-0.39, 0.29) is 68.5 Å². The molecule has 0 spiro atoms. The maximum atomic E-state index is 3.61. The van der Waals surface area contributed by atoms with Gasteiger partial charge in [-0.05, 0) is 0 Å². The van der Waals surface area contributed by atoms with Gasteiger partial charge in [-0.3, -0.25) is 0 Å². The van der Waals surface area contributed by atoms with Crippen molar-refractivity contribution in [3.05, 3.63) is 56.2 Å². The predicted molar refractivity (Wildman–Crippen MR) is 52.7 cm³/mol. The zero-order valence-electron chi connectivity index (χ0n) is 9.26. The van der Waals surface area contributed by atoms with E-state index >= 15 is 0 Å². The van der Waals surface area contributed by atoms with E-state index < -0.39 is 0 Å². The SMILES string of the molecule is [K+].[Mn+2].c1c[n-]cn1.c1c[n-]cn1.c1c[n-]cn1. The third-order valence-corrected chi connectivity index (χ3v) is 1.12. The first kappa shape index (κ1) is 19.1. The van der Waals surface area contributed by atoms with Crippen molar-refractivity contribution in [2.45, 2.75) is 0 Å². The number of nitrogens with zero attached hydrogens (tertiary/aromatic N) is 6. The van der Waals surface area contributed by atoms with Crippen LogP contribution < -0.4 is 66.3 Å². The Morgan fingerprint density at radius 1 is 0.588 bits per heavy atom. The van der Waals surface area contributed by atoms with Crippen LogP contribution in [0.1, 0.15) is 0 Å². The maximum absolute atomic E-state index is 3.61. The topological polar surface area (TPSA) is 81.0 Å². The molecule has 3 heterocycles. The molecule has 3 rings (SSSR count). The van der Waals surface area contributed by atoms with Crippen LogP contribution in [0.2, 0.25) is 0 Å². The first-order valence-corrected chi connectivity index (χ1v) is 4.10. The largest absolute Gasteiger partial charge is 2.00 e. The number of rotatable bonds is 0. The molecular formula is C9H9KMnN6. The fraction of sp³-hybridized carbons (Fsp3) is 0. The summed E-state index contributed by atoms with van der Waals surface area (Å²) in [7, 11) is 0. The third kappa shape index (κ3) is 13.7. The molecule has 0 aliphatic heterocycles. The third-order valence-electron chi connectivity index (χ3n) is 1.12. The molecule has 0 bridgehead atoms. The van der Waals surface area contributed by atoms with Gasteiger partial charge in [-0.1, -0.05) is 56.2 Å². The van der Waals surface area contributed by atoms with Crippen molar-refractivity contribution in [1.82, 2.24) is 29.9 Å². The molecule has 3 aromatic heterocycles. The van der Waals surface area contributed by atoms with E-state index in [9.17, 15) is 0 Å². The van der Waals surface area contributed by atoms with Gasteiger partial charge < -0.3 is 29.9 Å². The minimum absolute atomic E-state index is 0. The van der Waals surface area contributed by atoms with E-state index in [1.165, 1.54) is 19.0 Å². The van der Waals surface area contributed by atoms with Gasteiger partial charge in [0.05, 0.1) is 0 Å². The zero-order chi connectivity index (χ0) is 10.6. The van der Waals surface area contributed by atoms with E-state index in [1.807, 2.05) is 0 Å². The molecule has 0 unspecified atom stereocenters. The Balaban J connectivity index is 0. The van der Waals surface area contributed by atoms with Crippen molar-refractivity contribution < 1.29 is 68.5 Å². The zero-order valence-corrected chi connectivity index (χ0v) is 13.6. The number of imidazole rings is 3. The Bertz CT molecular complexity index is 257. The van der Waals surface area contributed by atoms with Crippen molar-refractivity contribution in [1.29, 1.82) is 0 Å². The van der Waals surface area contributed by atoms with E-state index in [0.717, 1.165) is 0 Å². The molecule has 0 aliphatic carbocycles. The minimum atomic E-state index is 0. The Kier molecular flexibility index (Phi) is 17.8. The fourth-order valence-corrected chi connectivity index (χ4v) is 0.577. The van der Waals surface area contributed by atoms with Crippen LogP contribution in [0.3, 0.4) is 0 Å². The van der Waals surface area contributed by atoms with Crippen LogP contribution in [0.4, 0.5) is 0 Å². The molecule has 0 aliphatic rings. The summed E-state index contributed by atoms with van der Waals surface area (Å²) in [6, 6.07) is 0. The molecule has 0 atom stereocenters. The van der Waals surface area contributed by atoms with Crippen LogP contribution in [0, 0.1) is 0 Å². The number of aromatic nitrogens is 6. The smallest absolute Gasteiger partial charge is 0.450 e. The summed E-state index contributed by atoms with van der Waals surface area (Å²) >= 11 is 0. The summed E-state index contributed by atoms with van der Waals surface area (Å²) in [4.78, 5) is 21.7. The van der Waals surface area contributed by atoms with Gasteiger partial charge in [0, 0.05) is 0 Å². The monoisotopic (exact) mass is 295 g/mol. The second-order valence-electron chi connectivity index (χ2n) is 2.14. The van der Waals surface area contributed by atoms with Crippen molar-refractivity contribution >= 4 is 0 Å². The number of hydrogen-bond donors (Lipinski definition) is 0. The van der Waals surface area contributed by atoms with Gasteiger partial charge in [0.2, 0.25) is 0 Å². The average molecular weight is 295 g/mol. The van der Waals surface area contributed by atoms with Gasteiger partial charge in [-0.2, -0.15) is 0 Å². The molecule has 0 saturated heterocycles. The van der Waals surface area contributed by atoms with E-state index in [2.05, 4.69) is 29.9 Å². The Labute approximate surface area is 152 Å². The number of hydrogen-bond acceptors (Lipinski definition) is 3. The summed E-state index contributed by atoms with van der Waals surface area (Å²) < 4.78 is 0. The van der Waals surface area contributed by atoms with Crippen molar-refractivity contribution in [2.75, 3.05) is 0 Å². The second-order valence-corrected chi connectivity index (χ2v) is 2.14. The molecule has 3 aromatic rings. The van der Waals surface area contributed by atoms with Crippen molar-refractivity contribution in [3.63, 3.8) is 0 Å². The first-order valence-electron chi connectivity index (χ1n) is 4.10. The summed E-state index contributed by atoms with van der Waals surface area (Å²) in [6.07, 6.45) is 14.3. The molecule has 0 saturated carbocycles. The van der Waals surface area contributed by atoms with Crippen molar-refractivity contribution in [2.24, 2.45) is 0 Å². The van der Waals surface area contributed by atoms with E-state index in [0.29, 0.717) is 0 Å². The van der Waals surface area contributed by atoms with Gasteiger partial charge in [-0.25, -0.2) is 0 Å². The summed E-state index contributed by atoms with van der Waals surface area (Å²) in [5.41, 5.74) is 0. The molecule has 0 fully saturated rings. The molecule has 17 heavy (non-hydrogen) atoms. The molecule has 0 N–H and O–H groups in total. The molecule has 0 aromatic carbocycles. The van der Waals surface area contributed by atoms with E-state index in [1.54, 1.807) is 37.2 Å². The van der Waals surface area contributed by atoms with Gasteiger partial charge >= 0.3 is 68.5 Å².